The van der Waals surface area contributed by atoms with E-state index >= 15 is 0 Å². The van der Waals surface area contributed by atoms with Crippen LogP contribution in [0.4, 0.5) is 0 Å². The molecule has 0 aromatic rings. The molecule has 0 rings (SSSR count). The lowest BCUT2D eigenvalue weighted by molar-refractivity contribution is -0.140. The molecule has 1 N–H and O–H groups in total. The summed E-state index contributed by atoms with van der Waals surface area (Å²) < 4.78 is 5.13. The average Bonchev–Trinajstić information content (AvgIpc) is 2.38. The van der Waals surface area contributed by atoms with Crippen LogP contribution in [0.3, 0.4) is 0 Å². The van der Waals surface area contributed by atoms with E-state index in [1.165, 1.54) is 18.2 Å². The van der Waals surface area contributed by atoms with Crippen molar-refractivity contribution in [1.82, 2.24) is 0 Å². The Balaban J connectivity index is 4.39. The van der Waals surface area contributed by atoms with Gasteiger partial charge in [-0.05, 0) is 31.4 Å². The number of hydrogen-bond donors (Lipinski definition) is 1. The Hall–Kier alpha value is -2.10. The Bertz CT molecular complexity index is 372. The third-order valence-electron chi connectivity index (χ3n) is 2.38. The van der Waals surface area contributed by atoms with Crippen molar-refractivity contribution in [3.05, 3.63) is 49.6 Å². The number of esters is 1. The number of carbonyl (C=O) groups excluding carboxylic acids is 1. The first-order valence-corrected chi connectivity index (χ1v) is 6.04. The fraction of sp³-hybridized carbons (Fsp3) is 0.333. The summed E-state index contributed by atoms with van der Waals surface area (Å²) in [6.07, 6.45) is 7.17. The van der Waals surface area contributed by atoms with E-state index in [2.05, 4.69) is 19.7 Å². The lowest BCUT2D eigenvalue weighted by Crippen LogP contribution is -2.15. The van der Waals surface area contributed by atoms with Crippen molar-refractivity contribution in [2.24, 2.45) is 0 Å². The number of allylic oxidation sites excluding steroid dienone is 2. The van der Waals surface area contributed by atoms with Crippen molar-refractivity contribution in [1.29, 1.82) is 0 Å². The topological polar surface area (TPSA) is 63.6 Å². The van der Waals surface area contributed by atoms with Gasteiger partial charge >= 0.3 is 11.9 Å². The van der Waals surface area contributed by atoms with Gasteiger partial charge in [0.25, 0.3) is 0 Å². The minimum absolute atomic E-state index is 0.0956. The van der Waals surface area contributed by atoms with E-state index in [-0.39, 0.29) is 6.42 Å². The average molecular weight is 264 g/mol. The summed E-state index contributed by atoms with van der Waals surface area (Å²) in [6.45, 7) is 10.6. The molecule has 0 spiro atoms. The SMILES string of the molecule is C=CC=C(CCCCC(=O)O)C(=O)OC(C=C)C=C. The van der Waals surface area contributed by atoms with Crippen LogP contribution in [0.25, 0.3) is 0 Å². The van der Waals surface area contributed by atoms with Crippen LogP contribution in [-0.4, -0.2) is 23.1 Å². The normalized spacial score (nSPS) is 10.9. The highest BCUT2D eigenvalue weighted by Gasteiger charge is 2.13. The van der Waals surface area contributed by atoms with Gasteiger partial charge in [-0.15, -0.1) is 0 Å². The van der Waals surface area contributed by atoms with Gasteiger partial charge in [0.2, 0.25) is 0 Å². The number of carbonyl (C=O) groups is 2. The van der Waals surface area contributed by atoms with E-state index in [4.69, 9.17) is 9.84 Å². The molecule has 0 atom stereocenters. The molecule has 0 aliphatic rings. The van der Waals surface area contributed by atoms with Crippen molar-refractivity contribution < 1.29 is 19.4 Å². The molecule has 0 saturated carbocycles. The van der Waals surface area contributed by atoms with Gasteiger partial charge in [-0.25, -0.2) is 4.79 Å². The highest BCUT2D eigenvalue weighted by Crippen LogP contribution is 2.13. The smallest absolute Gasteiger partial charge is 0.334 e. The summed E-state index contributed by atoms with van der Waals surface area (Å²) in [5, 5.41) is 8.53. The van der Waals surface area contributed by atoms with Crippen LogP contribution in [0.2, 0.25) is 0 Å². The van der Waals surface area contributed by atoms with E-state index in [0.29, 0.717) is 24.8 Å². The van der Waals surface area contributed by atoms with Crippen molar-refractivity contribution in [3.63, 3.8) is 0 Å². The lowest BCUT2D eigenvalue weighted by atomic mass is 10.1. The number of ether oxygens (including phenoxy) is 1. The summed E-state index contributed by atoms with van der Waals surface area (Å²) in [7, 11) is 0. The number of rotatable bonds is 10. The molecule has 0 aromatic heterocycles. The Kier molecular flexibility index (Phi) is 8.79. The van der Waals surface area contributed by atoms with Crippen LogP contribution in [0, 0.1) is 0 Å². The molecule has 19 heavy (non-hydrogen) atoms. The number of carboxylic acids is 1. The summed E-state index contributed by atoms with van der Waals surface area (Å²) >= 11 is 0. The second-order valence-electron chi connectivity index (χ2n) is 3.87. The number of hydrogen-bond acceptors (Lipinski definition) is 3. The first-order chi connectivity index (χ1) is 9.04. The summed E-state index contributed by atoms with van der Waals surface area (Å²) in [4.78, 5) is 22.2. The zero-order chi connectivity index (χ0) is 14.7. The zero-order valence-corrected chi connectivity index (χ0v) is 11.0. The fourth-order valence-electron chi connectivity index (χ4n) is 1.38. The maximum absolute atomic E-state index is 11.8. The van der Waals surface area contributed by atoms with Gasteiger partial charge in [-0.2, -0.15) is 0 Å². The molecule has 4 nitrogen and oxygen atoms in total. The molecule has 0 unspecified atom stereocenters. The highest BCUT2D eigenvalue weighted by molar-refractivity contribution is 5.89. The van der Waals surface area contributed by atoms with E-state index in [1.807, 2.05) is 0 Å². The summed E-state index contributed by atoms with van der Waals surface area (Å²) in [5.74, 6) is -1.30. The van der Waals surface area contributed by atoms with Crippen LogP contribution in [0.1, 0.15) is 25.7 Å². The van der Waals surface area contributed by atoms with Crippen LogP contribution < -0.4 is 0 Å². The highest BCUT2D eigenvalue weighted by atomic mass is 16.5. The monoisotopic (exact) mass is 264 g/mol. The van der Waals surface area contributed by atoms with Crippen molar-refractivity contribution in [3.8, 4) is 0 Å². The molecule has 0 aliphatic carbocycles. The molecule has 0 bridgehead atoms. The molecular formula is C15H20O4. The molecule has 0 aliphatic heterocycles. The standard InChI is InChI=1S/C15H20O4/c1-4-9-12(10-7-8-11-14(16)17)15(18)19-13(5-2)6-3/h4-6,9,13H,1-3,7-8,10-11H2,(H,16,17). The maximum Gasteiger partial charge on any atom is 0.334 e. The Morgan fingerprint density at radius 2 is 1.68 bits per heavy atom. The van der Waals surface area contributed by atoms with E-state index in [9.17, 15) is 9.59 Å². The zero-order valence-electron chi connectivity index (χ0n) is 11.0. The van der Waals surface area contributed by atoms with Crippen molar-refractivity contribution >= 4 is 11.9 Å². The van der Waals surface area contributed by atoms with Gasteiger partial charge in [0, 0.05) is 12.0 Å². The molecule has 0 amide bonds. The van der Waals surface area contributed by atoms with Crippen LogP contribution in [0.5, 0.6) is 0 Å². The third-order valence-corrected chi connectivity index (χ3v) is 2.38. The van der Waals surface area contributed by atoms with E-state index in [0.717, 1.165) is 0 Å². The molecule has 4 heteroatoms. The van der Waals surface area contributed by atoms with Gasteiger partial charge in [-0.3, -0.25) is 4.79 Å². The fourth-order valence-corrected chi connectivity index (χ4v) is 1.38. The van der Waals surface area contributed by atoms with Crippen molar-refractivity contribution in [2.45, 2.75) is 31.8 Å². The quantitative estimate of drug-likeness (QED) is 0.216. The number of carboxylic acid groups (broad SMARTS) is 1. The van der Waals surface area contributed by atoms with Gasteiger partial charge in [0.05, 0.1) is 0 Å². The van der Waals surface area contributed by atoms with E-state index in [1.54, 1.807) is 6.08 Å². The summed E-state index contributed by atoms with van der Waals surface area (Å²) in [5.41, 5.74) is 0.467. The third kappa shape index (κ3) is 7.76. The minimum Gasteiger partial charge on any atom is -0.481 e. The van der Waals surface area contributed by atoms with Gasteiger partial charge in [0.15, 0.2) is 0 Å². The van der Waals surface area contributed by atoms with Crippen LogP contribution in [0.15, 0.2) is 49.6 Å². The second kappa shape index (κ2) is 9.88. The Morgan fingerprint density at radius 1 is 1.11 bits per heavy atom. The van der Waals surface area contributed by atoms with Gasteiger partial charge in [-0.1, -0.05) is 31.9 Å². The molecule has 0 aromatic carbocycles. The summed E-state index contributed by atoms with van der Waals surface area (Å²) in [6, 6.07) is 0. The molecule has 104 valence electrons. The first-order valence-electron chi connectivity index (χ1n) is 6.04. The second-order valence-corrected chi connectivity index (χ2v) is 3.87. The lowest BCUT2D eigenvalue weighted by Gasteiger charge is -2.11. The minimum atomic E-state index is -0.838. The number of unbranched alkanes of at least 4 members (excludes halogenated alkanes) is 1. The maximum atomic E-state index is 11.8. The van der Waals surface area contributed by atoms with Gasteiger partial charge in [0.1, 0.15) is 6.10 Å². The molecular weight excluding hydrogens is 244 g/mol. The molecule has 0 radical (unpaired) electrons. The van der Waals surface area contributed by atoms with Crippen LogP contribution in [-0.2, 0) is 14.3 Å². The first kappa shape index (κ1) is 16.9. The largest absolute Gasteiger partial charge is 0.481 e. The van der Waals surface area contributed by atoms with Gasteiger partial charge < -0.3 is 9.84 Å². The van der Waals surface area contributed by atoms with Crippen LogP contribution >= 0.6 is 0 Å². The van der Waals surface area contributed by atoms with Crippen molar-refractivity contribution in [2.75, 3.05) is 0 Å². The predicted octanol–water partition coefficient (Wildman–Crippen LogP) is 3.03. The van der Waals surface area contributed by atoms with E-state index < -0.39 is 18.0 Å². The molecule has 0 fully saturated rings. The molecule has 0 saturated heterocycles. The molecule has 0 heterocycles. The predicted molar refractivity (Wildman–Crippen MR) is 74.7 cm³/mol. The number of aliphatic carboxylic acids is 1. The Morgan fingerprint density at radius 3 is 2.16 bits per heavy atom. The Labute approximate surface area is 113 Å².